The van der Waals surface area contributed by atoms with Gasteiger partial charge in [0, 0.05) is 19.9 Å². The van der Waals surface area contributed by atoms with Crippen LogP contribution >= 0.6 is 39.1 Å². The Morgan fingerprint density at radius 1 is 1.00 bits per heavy atom. The van der Waals surface area contributed by atoms with E-state index in [0.29, 0.717) is 10.0 Å². The predicted molar refractivity (Wildman–Crippen MR) is 66.4 cm³/mol. The Kier molecular flexibility index (Phi) is 2.74. The average Bonchev–Trinajstić information content (AvgIpc) is 2.07. The maximum atomic E-state index is 6.10. The van der Waals surface area contributed by atoms with Crippen LogP contribution in [0, 0.1) is 6.92 Å². The van der Waals surface area contributed by atoms with Gasteiger partial charge < -0.3 is 0 Å². The van der Waals surface area contributed by atoms with Gasteiger partial charge in [0.05, 0.1) is 0 Å². The van der Waals surface area contributed by atoms with Gasteiger partial charge in [0.25, 0.3) is 0 Å². The predicted octanol–water partition coefficient (Wildman–Crippen LogP) is 5.22. The van der Waals surface area contributed by atoms with Crippen LogP contribution in [0.25, 0.3) is 10.8 Å². The first-order valence-corrected chi connectivity index (χ1v) is 5.68. The van der Waals surface area contributed by atoms with E-state index < -0.39 is 0 Å². The van der Waals surface area contributed by atoms with Crippen LogP contribution in [0.15, 0.2) is 28.7 Å². The van der Waals surface area contributed by atoms with E-state index in [4.69, 9.17) is 23.2 Å². The van der Waals surface area contributed by atoms with Crippen molar-refractivity contribution in [3.63, 3.8) is 0 Å². The van der Waals surface area contributed by atoms with Gasteiger partial charge in [0.2, 0.25) is 0 Å². The van der Waals surface area contributed by atoms with Gasteiger partial charge in [-0.1, -0.05) is 39.1 Å². The van der Waals surface area contributed by atoms with E-state index in [1.54, 1.807) is 6.07 Å². The fourth-order valence-electron chi connectivity index (χ4n) is 1.52. The Morgan fingerprint density at radius 3 is 2.43 bits per heavy atom. The molecule has 0 amide bonds. The highest BCUT2D eigenvalue weighted by atomic mass is 79.9. The molecule has 0 atom stereocenters. The molecule has 72 valence electrons. The van der Waals surface area contributed by atoms with Crippen molar-refractivity contribution in [3.05, 3.63) is 44.3 Å². The topological polar surface area (TPSA) is 0 Å². The molecule has 0 aliphatic rings. The first-order chi connectivity index (χ1) is 6.58. The number of halogens is 3. The third kappa shape index (κ3) is 1.77. The number of fused-ring (bicyclic) bond motifs is 1. The third-order valence-electron chi connectivity index (χ3n) is 2.16. The summed E-state index contributed by atoms with van der Waals surface area (Å²) in [5.41, 5.74) is 1.17. The molecule has 2 rings (SSSR count). The molecule has 0 fully saturated rings. The lowest BCUT2D eigenvalue weighted by molar-refractivity contribution is 1.51. The zero-order valence-corrected chi connectivity index (χ0v) is 10.5. The summed E-state index contributed by atoms with van der Waals surface area (Å²) in [5, 5.41) is 3.50. The summed E-state index contributed by atoms with van der Waals surface area (Å²) in [6.07, 6.45) is 0. The van der Waals surface area contributed by atoms with Gasteiger partial charge in [-0.15, -0.1) is 0 Å². The summed E-state index contributed by atoms with van der Waals surface area (Å²) in [5.74, 6) is 0. The molecule has 0 unspecified atom stereocenters. The molecule has 0 radical (unpaired) electrons. The monoisotopic (exact) mass is 288 g/mol. The quantitative estimate of drug-likeness (QED) is 0.624. The van der Waals surface area contributed by atoms with E-state index in [2.05, 4.69) is 22.0 Å². The molecule has 0 heterocycles. The molecule has 0 N–H and O–H groups in total. The van der Waals surface area contributed by atoms with Gasteiger partial charge in [-0.3, -0.25) is 0 Å². The van der Waals surface area contributed by atoms with Crippen LogP contribution in [0.3, 0.4) is 0 Å². The zero-order valence-electron chi connectivity index (χ0n) is 7.44. The van der Waals surface area contributed by atoms with E-state index in [-0.39, 0.29) is 0 Å². The minimum absolute atomic E-state index is 0.674. The summed E-state index contributed by atoms with van der Waals surface area (Å²) in [4.78, 5) is 0. The molecule has 0 spiro atoms. The Hall–Kier alpha value is -0.240. The lowest BCUT2D eigenvalue weighted by Crippen LogP contribution is -1.81. The number of hydrogen-bond donors (Lipinski definition) is 0. The molecule has 0 aliphatic heterocycles. The maximum Gasteiger partial charge on any atom is 0.0499 e. The molecular formula is C11H7BrCl2. The minimum atomic E-state index is 0.674. The minimum Gasteiger partial charge on any atom is -0.0843 e. The highest BCUT2D eigenvalue weighted by Crippen LogP contribution is 2.32. The van der Waals surface area contributed by atoms with Gasteiger partial charge in [0.1, 0.15) is 0 Å². The van der Waals surface area contributed by atoms with Crippen LogP contribution in [-0.2, 0) is 0 Å². The van der Waals surface area contributed by atoms with Crippen LogP contribution in [0.2, 0.25) is 10.0 Å². The second-order valence-electron chi connectivity index (χ2n) is 3.21. The lowest BCUT2D eigenvalue weighted by atomic mass is 10.1. The first-order valence-electron chi connectivity index (χ1n) is 4.13. The average molecular weight is 290 g/mol. The van der Waals surface area contributed by atoms with Crippen LogP contribution in [0.5, 0.6) is 0 Å². The molecule has 0 saturated heterocycles. The summed E-state index contributed by atoms with van der Waals surface area (Å²) >= 11 is 15.5. The van der Waals surface area contributed by atoms with Crippen molar-refractivity contribution in [1.82, 2.24) is 0 Å². The number of rotatable bonds is 0. The first kappa shape index (κ1) is 10.3. The molecule has 0 aliphatic carbocycles. The molecule has 0 saturated carbocycles. The summed E-state index contributed by atoms with van der Waals surface area (Å²) in [6.45, 7) is 2.04. The van der Waals surface area contributed by atoms with E-state index in [1.165, 1.54) is 5.56 Å². The number of aryl methyl sites for hydroxylation is 1. The van der Waals surface area contributed by atoms with Crippen molar-refractivity contribution in [2.45, 2.75) is 6.92 Å². The maximum absolute atomic E-state index is 6.10. The Bertz CT molecular complexity index is 459. The Morgan fingerprint density at radius 2 is 1.71 bits per heavy atom. The number of hydrogen-bond acceptors (Lipinski definition) is 0. The van der Waals surface area contributed by atoms with Gasteiger partial charge >= 0.3 is 0 Å². The Balaban J connectivity index is 2.94. The molecule has 14 heavy (non-hydrogen) atoms. The lowest BCUT2D eigenvalue weighted by Gasteiger charge is -2.06. The summed E-state index contributed by atoms with van der Waals surface area (Å²) in [7, 11) is 0. The summed E-state index contributed by atoms with van der Waals surface area (Å²) in [6, 6.07) is 7.75. The molecule has 2 aromatic carbocycles. The van der Waals surface area contributed by atoms with Gasteiger partial charge in [0.15, 0.2) is 0 Å². The SMILES string of the molecule is Cc1cc(Br)cc2c(Cl)cc(Cl)cc12. The number of benzene rings is 2. The highest BCUT2D eigenvalue weighted by Gasteiger charge is 2.04. The second-order valence-corrected chi connectivity index (χ2v) is 4.96. The van der Waals surface area contributed by atoms with Crippen LogP contribution < -0.4 is 0 Å². The van der Waals surface area contributed by atoms with Crippen molar-refractivity contribution >= 4 is 49.9 Å². The van der Waals surface area contributed by atoms with Crippen LogP contribution in [0.1, 0.15) is 5.56 Å². The van der Waals surface area contributed by atoms with Crippen molar-refractivity contribution in [3.8, 4) is 0 Å². The van der Waals surface area contributed by atoms with Gasteiger partial charge in [-0.2, -0.15) is 0 Å². The fourth-order valence-corrected chi connectivity index (χ4v) is 2.64. The Labute approximate surface area is 101 Å². The molecule has 0 nitrogen and oxygen atoms in total. The zero-order chi connectivity index (χ0) is 10.3. The van der Waals surface area contributed by atoms with Crippen LogP contribution in [0.4, 0.5) is 0 Å². The molecule has 0 bridgehead atoms. The smallest absolute Gasteiger partial charge is 0.0499 e. The van der Waals surface area contributed by atoms with Crippen LogP contribution in [-0.4, -0.2) is 0 Å². The van der Waals surface area contributed by atoms with E-state index >= 15 is 0 Å². The van der Waals surface area contributed by atoms with Crippen molar-refractivity contribution in [2.75, 3.05) is 0 Å². The molecule has 3 heteroatoms. The van der Waals surface area contributed by atoms with Gasteiger partial charge in [-0.05, 0) is 42.1 Å². The highest BCUT2D eigenvalue weighted by molar-refractivity contribution is 9.10. The normalized spacial score (nSPS) is 10.9. The molecular weight excluding hydrogens is 283 g/mol. The van der Waals surface area contributed by atoms with E-state index in [9.17, 15) is 0 Å². The largest absolute Gasteiger partial charge is 0.0843 e. The second kappa shape index (κ2) is 3.73. The summed E-state index contributed by atoms with van der Waals surface area (Å²) < 4.78 is 1.03. The van der Waals surface area contributed by atoms with E-state index in [1.807, 2.05) is 19.1 Å². The van der Waals surface area contributed by atoms with Crippen molar-refractivity contribution in [1.29, 1.82) is 0 Å². The fraction of sp³-hybridized carbons (Fsp3) is 0.0909. The standard InChI is InChI=1S/C11H7BrCl2/c1-6-2-7(12)3-10-9(6)4-8(13)5-11(10)14/h2-5H,1H3. The van der Waals surface area contributed by atoms with E-state index in [0.717, 1.165) is 15.2 Å². The molecule has 0 aromatic heterocycles. The third-order valence-corrected chi connectivity index (χ3v) is 3.14. The van der Waals surface area contributed by atoms with Gasteiger partial charge in [-0.25, -0.2) is 0 Å². The van der Waals surface area contributed by atoms with Crippen molar-refractivity contribution in [2.24, 2.45) is 0 Å². The van der Waals surface area contributed by atoms with Crippen molar-refractivity contribution < 1.29 is 0 Å². The molecule has 2 aromatic rings.